The van der Waals surface area contributed by atoms with Crippen LogP contribution in [-0.4, -0.2) is 26.5 Å². The number of carbonyl (C=O) groups excluding carboxylic acids is 1. The number of hydrogen-bond acceptors (Lipinski definition) is 4. The average Bonchev–Trinajstić information content (AvgIpc) is 2.76. The number of imidazole rings is 1. The van der Waals surface area contributed by atoms with E-state index < -0.39 is 6.04 Å². The van der Waals surface area contributed by atoms with Crippen molar-refractivity contribution in [2.24, 2.45) is 5.73 Å². The highest BCUT2D eigenvalue weighted by atomic mass is 35.5. The number of rotatable bonds is 3. The van der Waals surface area contributed by atoms with Gasteiger partial charge in [0.05, 0.1) is 11.7 Å². The number of nitrogens with zero attached hydrogens (tertiary/aromatic N) is 3. The van der Waals surface area contributed by atoms with Gasteiger partial charge in [-0.15, -0.1) is 24.8 Å². The van der Waals surface area contributed by atoms with Gasteiger partial charge in [-0.05, 0) is 26.0 Å². The van der Waals surface area contributed by atoms with Crippen molar-refractivity contribution in [1.82, 2.24) is 14.5 Å². The van der Waals surface area contributed by atoms with E-state index in [1.807, 2.05) is 6.92 Å². The second kappa shape index (κ2) is 7.84. The van der Waals surface area contributed by atoms with Gasteiger partial charge in [0.2, 0.25) is 5.91 Å². The minimum atomic E-state index is -0.568. The van der Waals surface area contributed by atoms with Gasteiger partial charge in [-0.2, -0.15) is 0 Å². The van der Waals surface area contributed by atoms with Crippen LogP contribution in [0.2, 0.25) is 0 Å². The maximum atomic E-state index is 11.6. The molecule has 2 heterocycles. The molecule has 20 heavy (non-hydrogen) atoms. The third-order valence-electron chi connectivity index (χ3n) is 2.51. The highest BCUT2D eigenvalue weighted by molar-refractivity contribution is 5.95. The van der Waals surface area contributed by atoms with E-state index in [-0.39, 0.29) is 30.7 Å². The van der Waals surface area contributed by atoms with Crippen molar-refractivity contribution in [1.29, 1.82) is 0 Å². The van der Waals surface area contributed by atoms with Crippen LogP contribution >= 0.6 is 24.8 Å². The number of amides is 1. The van der Waals surface area contributed by atoms with Crippen LogP contribution in [0.3, 0.4) is 0 Å². The van der Waals surface area contributed by atoms with E-state index >= 15 is 0 Å². The summed E-state index contributed by atoms with van der Waals surface area (Å²) in [5.74, 6) is 1.17. The first-order valence-electron chi connectivity index (χ1n) is 5.61. The lowest BCUT2D eigenvalue weighted by molar-refractivity contribution is -0.117. The minimum absolute atomic E-state index is 0. The fraction of sp³-hybridized carbons (Fsp3) is 0.250. The molecule has 1 amide bonds. The summed E-state index contributed by atoms with van der Waals surface area (Å²) in [6.45, 7) is 3.50. The van der Waals surface area contributed by atoms with E-state index in [0.717, 1.165) is 5.82 Å². The third-order valence-corrected chi connectivity index (χ3v) is 2.51. The number of nitrogens with one attached hydrogen (secondary N) is 1. The Kier molecular flexibility index (Phi) is 7.20. The lowest BCUT2D eigenvalue weighted by Gasteiger charge is -2.12. The Balaban J connectivity index is 0.00000180. The van der Waals surface area contributed by atoms with Gasteiger partial charge in [0.25, 0.3) is 0 Å². The molecule has 6 nitrogen and oxygen atoms in total. The normalized spacial score (nSPS) is 10.9. The lowest BCUT2D eigenvalue weighted by atomic mass is 10.3. The van der Waals surface area contributed by atoms with Crippen LogP contribution in [0.25, 0.3) is 5.82 Å². The van der Waals surface area contributed by atoms with Crippen molar-refractivity contribution in [3.05, 3.63) is 36.5 Å². The Bertz CT molecular complexity index is 570. The molecule has 1 atom stereocenters. The van der Waals surface area contributed by atoms with E-state index in [9.17, 15) is 4.79 Å². The maximum absolute atomic E-state index is 11.6. The van der Waals surface area contributed by atoms with Crippen molar-refractivity contribution in [3.63, 3.8) is 0 Å². The SMILES string of the molecule is Cc1nccn1-c1ncccc1NC(=O)[C@@H](C)N.Cl.Cl. The molecule has 0 fully saturated rings. The topological polar surface area (TPSA) is 85.8 Å². The number of hydrogen-bond donors (Lipinski definition) is 2. The molecule has 0 bridgehead atoms. The highest BCUT2D eigenvalue weighted by Crippen LogP contribution is 2.18. The number of anilines is 1. The summed E-state index contributed by atoms with van der Waals surface area (Å²) >= 11 is 0. The first kappa shape index (κ1) is 18.4. The highest BCUT2D eigenvalue weighted by Gasteiger charge is 2.12. The molecule has 0 saturated carbocycles. The summed E-state index contributed by atoms with van der Waals surface area (Å²) in [5.41, 5.74) is 6.14. The van der Waals surface area contributed by atoms with E-state index in [0.29, 0.717) is 11.5 Å². The zero-order valence-electron chi connectivity index (χ0n) is 11.1. The minimum Gasteiger partial charge on any atom is -0.322 e. The summed E-state index contributed by atoms with van der Waals surface area (Å²) in [5, 5.41) is 2.75. The fourth-order valence-corrected chi connectivity index (χ4v) is 1.53. The van der Waals surface area contributed by atoms with E-state index in [1.54, 1.807) is 42.2 Å². The van der Waals surface area contributed by atoms with Gasteiger partial charge in [-0.3, -0.25) is 9.36 Å². The second-order valence-corrected chi connectivity index (χ2v) is 4.00. The molecule has 2 rings (SSSR count). The van der Waals surface area contributed by atoms with E-state index in [4.69, 9.17) is 5.73 Å². The van der Waals surface area contributed by atoms with E-state index in [1.165, 1.54) is 0 Å². The summed E-state index contributed by atoms with van der Waals surface area (Å²) in [7, 11) is 0. The number of carbonyl (C=O) groups is 1. The number of aryl methyl sites for hydroxylation is 1. The summed E-state index contributed by atoms with van der Waals surface area (Å²) in [4.78, 5) is 20.0. The average molecular weight is 318 g/mol. The van der Waals surface area contributed by atoms with Crippen molar-refractivity contribution in [2.45, 2.75) is 19.9 Å². The second-order valence-electron chi connectivity index (χ2n) is 4.00. The van der Waals surface area contributed by atoms with Crippen LogP contribution in [0.4, 0.5) is 5.69 Å². The molecule has 2 aromatic rings. The molecule has 110 valence electrons. The first-order valence-corrected chi connectivity index (χ1v) is 5.61. The molecule has 8 heteroatoms. The van der Waals surface area contributed by atoms with Crippen LogP contribution in [0, 0.1) is 6.92 Å². The van der Waals surface area contributed by atoms with Gasteiger partial charge in [0, 0.05) is 18.6 Å². The molecule has 0 aliphatic heterocycles. The van der Waals surface area contributed by atoms with Crippen LogP contribution in [0.15, 0.2) is 30.7 Å². The molecular weight excluding hydrogens is 301 g/mol. The summed E-state index contributed by atoms with van der Waals surface area (Å²) < 4.78 is 1.80. The first-order chi connectivity index (χ1) is 8.59. The van der Waals surface area contributed by atoms with E-state index in [2.05, 4.69) is 15.3 Å². The Hall–Kier alpha value is -1.63. The Morgan fingerprint density at radius 1 is 1.35 bits per heavy atom. The number of nitrogens with two attached hydrogens (primary N) is 1. The third kappa shape index (κ3) is 3.93. The molecular formula is C12H17Cl2N5O. The largest absolute Gasteiger partial charge is 0.322 e. The van der Waals surface area contributed by atoms with Gasteiger partial charge in [-0.25, -0.2) is 9.97 Å². The zero-order chi connectivity index (χ0) is 13.1. The van der Waals surface area contributed by atoms with Crippen molar-refractivity contribution in [3.8, 4) is 5.82 Å². The molecule has 0 saturated heterocycles. The Morgan fingerprint density at radius 3 is 2.60 bits per heavy atom. The fourth-order valence-electron chi connectivity index (χ4n) is 1.53. The molecule has 0 unspecified atom stereocenters. The molecule has 0 spiro atoms. The summed E-state index contributed by atoms with van der Waals surface area (Å²) in [6.07, 6.45) is 5.14. The molecule has 2 aromatic heterocycles. The van der Waals surface area contributed by atoms with Crippen molar-refractivity contribution >= 4 is 36.4 Å². The number of pyridine rings is 1. The molecule has 0 aliphatic carbocycles. The molecule has 3 N–H and O–H groups in total. The lowest BCUT2D eigenvalue weighted by Crippen LogP contribution is -2.32. The summed E-state index contributed by atoms with van der Waals surface area (Å²) in [6, 6.07) is 2.97. The zero-order valence-corrected chi connectivity index (χ0v) is 12.7. The predicted molar refractivity (Wildman–Crippen MR) is 82.9 cm³/mol. The smallest absolute Gasteiger partial charge is 0.241 e. The standard InChI is InChI=1S/C12H15N5O.2ClH/c1-8(13)12(18)16-10-4-3-5-15-11(10)17-7-6-14-9(17)2;;/h3-8H,13H2,1-2H3,(H,16,18);2*1H/t8-;;/m1../s1. The predicted octanol–water partition coefficient (Wildman–Crippen LogP) is 1.71. The van der Waals surface area contributed by atoms with Crippen LogP contribution in [0.5, 0.6) is 0 Å². The van der Waals surface area contributed by atoms with Crippen LogP contribution in [-0.2, 0) is 4.79 Å². The molecule has 0 radical (unpaired) electrons. The molecule has 0 aliphatic rings. The molecule has 0 aromatic carbocycles. The van der Waals surface area contributed by atoms with Gasteiger partial charge in [-0.1, -0.05) is 0 Å². The van der Waals surface area contributed by atoms with Gasteiger partial charge in [0.1, 0.15) is 5.82 Å². The quantitative estimate of drug-likeness (QED) is 0.902. The van der Waals surface area contributed by atoms with Gasteiger partial charge >= 0.3 is 0 Å². The Morgan fingerprint density at radius 2 is 2.05 bits per heavy atom. The van der Waals surface area contributed by atoms with Crippen molar-refractivity contribution < 1.29 is 4.79 Å². The monoisotopic (exact) mass is 317 g/mol. The van der Waals surface area contributed by atoms with Crippen LogP contribution < -0.4 is 11.1 Å². The number of aromatic nitrogens is 3. The maximum Gasteiger partial charge on any atom is 0.241 e. The van der Waals surface area contributed by atoms with Gasteiger partial charge in [0.15, 0.2) is 5.82 Å². The number of halogens is 2. The Labute approximate surface area is 129 Å². The van der Waals surface area contributed by atoms with Crippen molar-refractivity contribution in [2.75, 3.05) is 5.32 Å². The van der Waals surface area contributed by atoms with Crippen LogP contribution in [0.1, 0.15) is 12.7 Å². The van der Waals surface area contributed by atoms with Gasteiger partial charge < -0.3 is 11.1 Å².